The summed E-state index contributed by atoms with van der Waals surface area (Å²) in [6.45, 7) is 2.20. The lowest BCUT2D eigenvalue weighted by molar-refractivity contribution is 0.490. The van der Waals surface area contributed by atoms with Gasteiger partial charge in [-0.05, 0) is 13.0 Å². The van der Waals surface area contributed by atoms with Gasteiger partial charge in [-0.3, -0.25) is 9.48 Å². The Labute approximate surface area is 78.2 Å². The van der Waals surface area contributed by atoms with Gasteiger partial charge in [0, 0.05) is 12.4 Å². The van der Waals surface area contributed by atoms with Crippen molar-refractivity contribution in [2.24, 2.45) is 0 Å². The van der Waals surface area contributed by atoms with Crippen LogP contribution in [0.15, 0.2) is 23.3 Å². The first-order valence-corrected chi connectivity index (χ1v) is 4.59. The fourth-order valence-corrected chi connectivity index (χ4v) is 1.62. The van der Waals surface area contributed by atoms with Crippen LogP contribution in [-0.4, -0.2) is 19.6 Å². The molecule has 2 heterocycles. The molecule has 0 unspecified atom stereocenters. The molecule has 2 aromatic rings. The summed E-state index contributed by atoms with van der Waals surface area (Å²) in [5, 5.41) is 8.81. The van der Waals surface area contributed by atoms with Gasteiger partial charge in [-0.15, -0.1) is 0 Å². The Morgan fingerprint density at radius 2 is 2.46 bits per heavy atom. The quantitative estimate of drug-likeness (QED) is 0.695. The molecule has 6 heteroatoms. The zero-order valence-corrected chi connectivity index (χ0v) is 7.86. The highest BCUT2D eigenvalue weighted by molar-refractivity contribution is 7.08. The third-order valence-electron chi connectivity index (χ3n) is 1.55. The van der Waals surface area contributed by atoms with E-state index in [0.29, 0.717) is 6.67 Å². The van der Waals surface area contributed by atoms with E-state index in [4.69, 9.17) is 0 Å². The van der Waals surface area contributed by atoms with E-state index in [1.807, 2.05) is 13.0 Å². The highest BCUT2D eigenvalue weighted by Crippen LogP contribution is 1.94. The molecule has 0 saturated heterocycles. The zero-order chi connectivity index (χ0) is 9.26. The number of hydrogen-bond donors (Lipinski definition) is 0. The van der Waals surface area contributed by atoms with E-state index in [1.165, 1.54) is 4.68 Å². The standard InChI is InChI=1S/C7H8N4OS/c1-6-9-11(7(12)13-6)5-10-4-2-3-8-10/h2-4H,5H2,1H3. The number of aryl methyl sites for hydroxylation is 1. The van der Waals surface area contributed by atoms with Gasteiger partial charge in [-0.25, -0.2) is 0 Å². The first-order chi connectivity index (χ1) is 6.25. The summed E-state index contributed by atoms with van der Waals surface area (Å²) >= 11 is 1.15. The highest BCUT2D eigenvalue weighted by atomic mass is 32.1. The van der Waals surface area contributed by atoms with Crippen molar-refractivity contribution >= 4 is 11.3 Å². The summed E-state index contributed by atoms with van der Waals surface area (Å²) in [6, 6.07) is 1.81. The molecule has 13 heavy (non-hydrogen) atoms. The third kappa shape index (κ3) is 1.67. The SMILES string of the molecule is Cc1nn(Cn2cccn2)c(=O)s1. The van der Waals surface area contributed by atoms with Crippen LogP contribution in [0.25, 0.3) is 0 Å². The van der Waals surface area contributed by atoms with Crippen molar-refractivity contribution < 1.29 is 0 Å². The number of nitrogens with zero attached hydrogens (tertiary/aromatic N) is 4. The van der Waals surface area contributed by atoms with Gasteiger partial charge in [0.05, 0.1) is 0 Å². The number of aromatic nitrogens is 4. The van der Waals surface area contributed by atoms with Crippen molar-refractivity contribution in [3.63, 3.8) is 0 Å². The molecular formula is C7H8N4OS. The van der Waals surface area contributed by atoms with Crippen molar-refractivity contribution in [2.75, 3.05) is 0 Å². The molecule has 0 radical (unpaired) electrons. The smallest absolute Gasteiger partial charge is 0.255 e. The van der Waals surface area contributed by atoms with E-state index in [-0.39, 0.29) is 4.87 Å². The zero-order valence-electron chi connectivity index (χ0n) is 7.04. The van der Waals surface area contributed by atoms with E-state index in [1.54, 1.807) is 17.1 Å². The Balaban J connectivity index is 2.28. The Hall–Kier alpha value is -1.43. The summed E-state index contributed by atoms with van der Waals surface area (Å²) in [7, 11) is 0. The molecule has 2 rings (SSSR count). The Bertz CT molecular complexity index is 441. The average Bonchev–Trinajstić information content (AvgIpc) is 2.63. The molecule has 2 aromatic heterocycles. The van der Waals surface area contributed by atoms with Gasteiger partial charge in [0.2, 0.25) is 0 Å². The minimum Gasteiger partial charge on any atom is -0.255 e. The maximum Gasteiger partial charge on any atom is 0.326 e. The minimum atomic E-state index is -0.0481. The molecule has 0 amide bonds. The maximum absolute atomic E-state index is 11.2. The lowest BCUT2D eigenvalue weighted by atomic mass is 10.7. The van der Waals surface area contributed by atoms with Crippen LogP contribution >= 0.6 is 11.3 Å². The molecule has 0 saturated carbocycles. The molecule has 0 aliphatic carbocycles. The molecule has 0 bridgehead atoms. The molecule has 0 aliphatic rings. The van der Waals surface area contributed by atoms with E-state index in [2.05, 4.69) is 10.2 Å². The predicted molar refractivity (Wildman–Crippen MR) is 48.7 cm³/mol. The maximum atomic E-state index is 11.2. The van der Waals surface area contributed by atoms with Crippen LogP contribution in [0.2, 0.25) is 0 Å². The van der Waals surface area contributed by atoms with Crippen LogP contribution in [0.1, 0.15) is 5.01 Å². The van der Waals surface area contributed by atoms with E-state index >= 15 is 0 Å². The van der Waals surface area contributed by atoms with Crippen LogP contribution in [0.5, 0.6) is 0 Å². The fraction of sp³-hybridized carbons (Fsp3) is 0.286. The van der Waals surface area contributed by atoms with Crippen molar-refractivity contribution in [3.8, 4) is 0 Å². The lowest BCUT2D eigenvalue weighted by Crippen LogP contribution is -2.19. The first-order valence-electron chi connectivity index (χ1n) is 3.78. The second-order valence-electron chi connectivity index (χ2n) is 2.57. The van der Waals surface area contributed by atoms with Crippen molar-refractivity contribution in [1.82, 2.24) is 19.6 Å². The van der Waals surface area contributed by atoms with Gasteiger partial charge in [-0.1, -0.05) is 11.3 Å². The second kappa shape index (κ2) is 3.14. The normalized spacial score (nSPS) is 10.5. The monoisotopic (exact) mass is 196 g/mol. The summed E-state index contributed by atoms with van der Waals surface area (Å²) in [4.78, 5) is 11.2. The Morgan fingerprint density at radius 1 is 1.62 bits per heavy atom. The first kappa shape index (κ1) is 8.18. The number of hydrogen-bond acceptors (Lipinski definition) is 4. The van der Waals surface area contributed by atoms with Gasteiger partial charge in [0.1, 0.15) is 11.7 Å². The van der Waals surface area contributed by atoms with Gasteiger partial charge in [0.25, 0.3) is 0 Å². The van der Waals surface area contributed by atoms with Crippen LogP contribution in [0, 0.1) is 6.92 Å². The highest BCUT2D eigenvalue weighted by Gasteiger charge is 2.01. The largest absolute Gasteiger partial charge is 0.326 e. The van der Waals surface area contributed by atoms with Gasteiger partial charge in [0.15, 0.2) is 0 Å². The Kier molecular flexibility index (Phi) is 1.97. The summed E-state index contributed by atoms with van der Waals surface area (Å²) in [6.07, 6.45) is 3.46. The topological polar surface area (TPSA) is 52.7 Å². The van der Waals surface area contributed by atoms with E-state index in [9.17, 15) is 4.79 Å². The fourth-order valence-electron chi connectivity index (χ4n) is 1.02. The second-order valence-corrected chi connectivity index (χ2v) is 3.72. The average molecular weight is 196 g/mol. The molecule has 0 aromatic carbocycles. The summed E-state index contributed by atoms with van der Waals surface area (Å²) < 4.78 is 3.05. The van der Waals surface area contributed by atoms with Gasteiger partial charge >= 0.3 is 4.87 Å². The van der Waals surface area contributed by atoms with Gasteiger partial charge < -0.3 is 0 Å². The van der Waals surface area contributed by atoms with E-state index in [0.717, 1.165) is 16.3 Å². The van der Waals surface area contributed by atoms with Crippen LogP contribution in [0.3, 0.4) is 0 Å². The molecule has 0 aliphatic heterocycles. The number of rotatable bonds is 2. The molecule has 0 atom stereocenters. The van der Waals surface area contributed by atoms with E-state index < -0.39 is 0 Å². The van der Waals surface area contributed by atoms with Crippen molar-refractivity contribution in [3.05, 3.63) is 33.1 Å². The summed E-state index contributed by atoms with van der Waals surface area (Å²) in [5.41, 5.74) is 0. The molecular weight excluding hydrogens is 188 g/mol. The summed E-state index contributed by atoms with van der Waals surface area (Å²) in [5.74, 6) is 0. The minimum absolute atomic E-state index is 0.0481. The lowest BCUT2D eigenvalue weighted by Gasteiger charge is -1.98. The van der Waals surface area contributed by atoms with Crippen molar-refractivity contribution in [2.45, 2.75) is 13.6 Å². The molecule has 68 valence electrons. The van der Waals surface area contributed by atoms with Crippen molar-refractivity contribution in [1.29, 1.82) is 0 Å². The third-order valence-corrected chi connectivity index (χ3v) is 2.31. The Morgan fingerprint density at radius 3 is 3.00 bits per heavy atom. The van der Waals surface area contributed by atoms with Crippen LogP contribution < -0.4 is 4.87 Å². The molecule has 0 spiro atoms. The van der Waals surface area contributed by atoms with Crippen LogP contribution in [-0.2, 0) is 6.67 Å². The molecule has 0 N–H and O–H groups in total. The van der Waals surface area contributed by atoms with Crippen LogP contribution in [0.4, 0.5) is 0 Å². The predicted octanol–water partition coefficient (Wildman–Crippen LogP) is 0.316. The molecule has 5 nitrogen and oxygen atoms in total. The van der Waals surface area contributed by atoms with Gasteiger partial charge in [-0.2, -0.15) is 14.9 Å². The molecule has 0 fully saturated rings.